The van der Waals surface area contributed by atoms with Crippen LogP contribution >= 0.6 is 0 Å². The minimum absolute atomic E-state index is 0.0768. The Morgan fingerprint density at radius 1 is 1.33 bits per heavy atom. The molecule has 0 saturated carbocycles. The predicted molar refractivity (Wildman–Crippen MR) is 79.8 cm³/mol. The molecule has 1 aromatic heterocycles. The molecule has 5 heteroatoms. The summed E-state index contributed by atoms with van der Waals surface area (Å²) in [5.41, 5.74) is 6.69. The van der Waals surface area contributed by atoms with Crippen molar-refractivity contribution in [3.63, 3.8) is 0 Å². The van der Waals surface area contributed by atoms with E-state index in [1.807, 2.05) is 19.9 Å². The molecule has 2 unspecified atom stereocenters. The van der Waals surface area contributed by atoms with Crippen LogP contribution in [0.5, 0.6) is 5.75 Å². The van der Waals surface area contributed by atoms with E-state index >= 15 is 0 Å². The molecule has 112 valence electrons. The summed E-state index contributed by atoms with van der Waals surface area (Å²) in [6.07, 6.45) is 3.23. The number of aromatic nitrogens is 1. The SMILES string of the molecule is CC1CC(Oc2c(F)cc(N)c3cccnc23)CC(C)O1. The van der Waals surface area contributed by atoms with Crippen LogP contribution in [-0.2, 0) is 4.74 Å². The molecule has 2 aromatic rings. The molecule has 1 aliphatic rings. The zero-order valence-electron chi connectivity index (χ0n) is 12.2. The molecule has 1 aromatic carbocycles. The van der Waals surface area contributed by atoms with E-state index in [0.717, 1.165) is 12.8 Å². The summed E-state index contributed by atoms with van der Waals surface area (Å²) in [5, 5.41) is 0.710. The highest BCUT2D eigenvalue weighted by molar-refractivity contribution is 5.94. The molecule has 1 fully saturated rings. The number of anilines is 1. The first-order valence-corrected chi connectivity index (χ1v) is 7.19. The van der Waals surface area contributed by atoms with Gasteiger partial charge in [-0.3, -0.25) is 4.98 Å². The zero-order chi connectivity index (χ0) is 15.0. The van der Waals surface area contributed by atoms with E-state index in [0.29, 0.717) is 16.6 Å². The number of fused-ring (bicyclic) bond motifs is 1. The molecule has 2 atom stereocenters. The van der Waals surface area contributed by atoms with Crippen molar-refractivity contribution in [1.29, 1.82) is 0 Å². The number of pyridine rings is 1. The fraction of sp³-hybridized carbons (Fsp3) is 0.438. The van der Waals surface area contributed by atoms with E-state index in [9.17, 15) is 4.39 Å². The lowest BCUT2D eigenvalue weighted by Gasteiger charge is -2.32. The van der Waals surface area contributed by atoms with Crippen molar-refractivity contribution in [3.8, 4) is 5.75 Å². The third kappa shape index (κ3) is 2.78. The van der Waals surface area contributed by atoms with Crippen LogP contribution in [0.15, 0.2) is 24.4 Å². The second-order valence-electron chi connectivity index (χ2n) is 5.64. The van der Waals surface area contributed by atoms with Gasteiger partial charge in [0.1, 0.15) is 11.6 Å². The number of nitrogen functional groups attached to an aromatic ring is 1. The van der Waals surface area contributed by atoms with Crippen molar-refractivity contribution in [3.05, 3.63) is 30.2 Å². The van der Waals surface area contributed by atoms with Crippen molar-refractivity contribution in [1.82, 2.24) is 4.98 Å². The van der Waals surface area contributed by atoms with Gasteiger partial charge in [-0.05, 0) is 26.0 Å². The van der Waals surface area contributed by atoms with E-state index in [2.05, 4.69) is 4.98 Å². The lowest BCUT2D eigenvalue weighted by Crippen LogP contribution is -2.35. The third-order valence-corrected chi connectivity index (χ3v) is 3.77. The lowest BCUT2D eigenvalue weighted by atomic mass is 10.0. The summed E-state index contributed by atoms with van der Waals surface area (Å²) in [7, 11) is 0. The number of halogens is 1. The Hall–Kier alpha value is -1.88. The number of hydrogen-bond acceptors (Lipinski definition) is 4. The second kappa shape index (κ2) is 5.48. The van der Waals surface area contributed by atoms with E-state index in [4.69, 9.17) is 15.2 Å². The minimum atomic E-state index is -0.467. The Morgan fingerprint density at radius 3 is 2.76 bits per heavy atom. The molecule has 3 rings (SSSR count). The summed E-state index contributed by atoms with van der Waals surface area (Å²) in [6, 6.07) is 4.89. The Bertz CT molecular complexity index is 652. The molecule has 21 heavy (non-hydrogen) atoms. The van der Waals surface area contributed by atoms with Gasteiger partial charge in [0.2, 0.25) is 0 Å². The third-order valence-electron chi connectivity index (χ3n) is 3.77. The first-order valence-electron chi connectivity index (χ1n) is 7.19. The first-order chi connectivity index (χ1) is 10.0. The smallest absolute Gasteiger partial charge is 0.181 e. The molecule has 0 radical (unpaired) electrons. The summed E-state index contributed by atoms with van der Waals surface area (Å²) in [5.74, 6) is -0.281. The highest BCUT2D eigenvalue weighted by Gasteiger charge is 2.27. The van der Waals surface area contributed by atoms with Gasteiger partial charge in [0, 0.05) is 36.2 Å². The van der Waals surface area contributed by atoms with Gasteiger partial charge in [-0.15, -0.1) is 0 Å². The van der Waals surface area contributed by atoms with Gasteiger partial charge in [0.15, 0.2) is 11.6 Å². The van der Waals surface area contributed by atoms with E-state index in [1.54, 1.807) is 12.3 Å². The van der Waals surface area contributed by atoms with Gasteiger partial charge in [-0.25, -0.2) is 4.39 Å². The Balaban J connectivity index is 1.97. The zero-order valence-corrected chi connectivity index (χ0v) is 12.2. The summed E-state index contributed by atoms with van der Waals surface area (Å²) in [4.78, 5) is 4.23. The monoisotopic (exact) mass is 290 g/mol. The number of benzene rings is 1. The van der Waals surface area contributed by atoms with Crippen molar-refractivity contribution in [2.24, 2.45) is 0 Å². The van der Waals surface area contributed by atoms with Crippen LogP contribution in [0.25, 0.3) is 10.9 Å². The maximum atomic E-state index is 14.3. The fourth-order valence-electron chi connectivity index (χ4n) is 2.93. The van der Waals surface area contributed by atoms with E-state index in [1.165, 1.54) is 6.07 Å². The van der Waals surface area contributed by atoms with E-state index < -0.39 is 5.82 Å². The van der Waals surface area contributed by atoms with Gasteiger partial charge in [0.05, 0.1) is 12.2 Å². The highest BCUT2D eigenvalue weighted by Crippen LogP contribution is 2.34. The second-order valence-corrected chi connectivity index (χ2v) is 5.64. The quantitative estimate of drug-likeness (QED) is 0.862. The molecule has 1 aliphatic heterocycles. The first kappa shape index (κ1) is 14.1. The van der Waals surface area contributed by atoms with Gasteiger partial charge < -0.3 is 15.2 Å². The molecule has 2 heterocycles. The number of hydrogen-bond donors (Lipinski definition) is 1. The van der Waals surface area contributed by atoms with Crippen molar-refractivity contribution in [2.45, 2.75) is 45.0 Å². The molecular formula is C16H19FN2O2. The van der Waals surface area contributed by atoms with Crippen molar-refractivity contribution < 1.29 is 13.9 Å². The highest BCUT2D eigenvalue weighted by atomic mass is 19.1. The molecule has 2 N–H and O–H groups in total. The van der Waals surface area contributed by atoms with Crippen LogP contribution in [0.1, 0.15) is 26.7 Å². The average molecular weight is 290 g/mol. The molecule has 0 amide bonds. The number of rotatable bonds is 2. The van der Waals surface area contributed by atoms with Crippen LogP contribution < -0.4 is 10.5 Å². The van der Waals surface area contributed by atoms with Crippen molar-refractivity contribution in [2.75, 3.05) is 5.73 Å². The van der Waals surface area contributed by atoms with Gasteiger partial charge in [-0.2, -0.15) is 0 Å². The van der Waals surface area contributed by atoms with Crippen LogP contribution in [0.4, 0.5) is 10.1 Å². The lowest BCUT2D eigenvalue weighted by molar-refractivity contribution is -0.0725. The predicted octanol–water partition coefficient (Wildman–Crippen LogP) is 3.29. The fourth-order valence-corrected chi connectivity index (χ4v) is 2.93. The molecule has 0 aliphatic carbocycles. The number of nitrogens with zero attached hydrogens (tertiary/aromatic N) is 1. The van der Waals surface area contributed by atoms with Crippen LogP contribution in [0.3, 0.4) is 0 Å². The maximum absolute atomic E-state index is 14.3. The molecule has 1 saturated heterocycles. The average Bonchev–Trinajstić information content (AvgIpc) is 2.42. The van der Waals surface area contributed by atoms with Crippen molar-refractivity contribution >= 4 is 16.6 Å². The molecular weight excluding hydrogens is 271 g/mol. The summed E-state index contributed by atoms with van der Waals surface area (Å²) < 4.78 is 25.9. The van der Waals surface area contributed by atoms with Crippen LogP contribution in [0, 0.1) is 5.82 Å². The van der Waals surface area contributed by atoms with Gasteiger partial charge in [0.25, 0.3) is 0 Å². The topological polar surface area (TPSA) is 57.4 Å². The Labute approximate surface area is 123 Å². The largest absolute Gasteiger partial charge is 0.485 e. The Kier molecular flexibility index (Phi) is 3.68. The molecule has 0 bridgehead atoms. The standard InChI is InChI=1S/C16H19FN2O2/c1-9-6-11(7-10(2)20-9)21-16-13(17)8-14(18)12-4-3-5-19-15(12)16/h3-5,8-11H,6-7,18H2,1-2H3. The Morgan fingerprint density at radius 2 is 2.05 bits per heavy atom. The van der Waals surface area contributed by atoms with Gasteiger partial charge >= 0.3 is 0 Å². The minimum Gasteiger partial charge on any atom is -0.485 e. The summed E-state index contributed by atoms with van der Waals surface area (Å²) >= 11 is 0. The van der Waals surface area contributed by atoms with E-state index in [-0.39, 0.29) is 24.1 Å². The van der Waals surface area contributed by atoms with Crippen LogP contribution in [0.2, 0.25) is 0 Å². The maximum Gasteiger partial charge on any atom is 0.181 e. The van der Waals surface area contributed by atoms with Gasteiger partial charge in [-0.1, -0.05) is 0 Å². The van der Waals surface area contributed by atoms with Crippen LogP contribution in [-0.4, -0.2) is 23.3 Å². The summed E-state index contributed by atoms with van der Waals surface area (Å²) in [6.45, 7) is 4.00. The number of ether oxygens (including phenoxy) is 2. The number of nitrogens with two attached hydrogens (primary N) is 1. The normalized spacial score (nSPS) is 26.0. The molecule has 4 nitrogen and oxygen atoms in total. The molecule has 0 spiro atoms.